The lowest BCUT2D eigenvalue weighted by molar-refractivity contribution is 1.09. The second-order valence-electron chi connectivity index (χ2n) is 2.81. The van der Waals surface area contributed by atoms with Crippen LogP contribution < -0.4 is 5.73 Å². The average Bonchev–Trinajstić information content (AvgIpc) is 2.54. The molecule has 0 fully saturated rings. The van der Waals surface area contributed by atoms with Crippen molar-refractivity contribution in [1.82, 2.24) is 0 Å². The van der Waals surface area contributed by atoms with Crippen molar-refractivity contribution >= 4 is 69.6 Å². The van der Waals surface area contributed by atoms with Crippen molar-refractivity contribution in [2.24, 2.45) is 10.7 Å². The molecule has 0 saturated heterocycles. The van der Waals surface area contributed by atoms with Crippen LogP contribution in [0.15, 0.2) is 22.9 Å². The summed E-state index contributed by atoms with van der Waals surface area (Å²) in [6.45, 7) is 0.631. The van der Waals surface area contributed by atoms with Crippen molar-refractivity contribution < 1.29 is 0 Å². The molecule has 2 N–H and O–H groups in total. The van der Waals surface area contributed by atoms with E-state index in [1.165, 1.54) is 0 Å². The maximum atomic E-state index is 5.80. The molecule has 1 aliphatic heterocycles. The minimum atomic E-state index is 0.584. The van der Waals surface area contributed by atoms with Gasteiger partial charge in [0.25, 0.3) is 0 Å². The van der Waals surface area contributed by atoms with Gasteiger partial charge in [0, 0.05) is 29.0 Å². The van der Waals surface area contributed by atoms with Crippen LogP contribution >= 0.6 is 63.7 Å². The van der Waals surface area contributed by atoms with Crippen LogP contribution in [0.3, 0.4) is 0 Å². The van der Waals surface area contributed by atoms with Gasteiger partial charge in [0.1, 0.15) is 5.84 Å². The zero-order valence-corrected chi connectivity index (χ0v) is 13.1. The topological polar surface area (TPSA) is 38.4 Å². The molecule has 0 radical (unpaired) electrons. The largest absolute Gasteiger partial charge is 0.383 e. The number of nitrogens with two attached hydrogens (primary N) is 1. The first-order chi connectivity index (χ1) is 6.54. The minimum Gasteiger partial charge on any atom is -0.383 e. The maximum Gasteiger partial charge on any atom is 0.127 e. The monoisotopic (exact) mass is 444 g/mol. The second-order valence-corrected chi connectivity index (χ2v) is 5.98. The Kier molecular flexibility index (Phi) is 3.08. The van der Waals surface area contributed by atoms with Gasteiger partial charge in [0.15, 0.2) is 0 Å². The van der Waals surface area contributed by atoms with Crippen molar-refractivity contribution in [1.29, 1.82) is 0 Å². The number of aliphatic imine (C=N–C) groups is 1. The van der Waals surface area contributed by atoms with Crippen molar-refractivity contribution in [3.05, 3.63) is 29.0 Å². The predicted molar refractivity (Wildman–Crippen MR) is 71.7 cm³/mol. The van der Waals surface area contributed by atoms with Gasteiger partial charge in [-0.3, -0.25) is 4.99 Å². The third kappa shape index (κ3) is 1.50. The van der Waals surface area contributed by atoms with Crippen LogP contribution in [0.4, 0.5) is 0 Å². The number of benzene rings is 1. The van der Waals surface area contributed by atoms with E-state index in [0.717, 1.165) is 29.0 Å². The molecule has 1 aromatic rings. The zero-order valence-electron chi connectivity index (χ0n) is 6.74. The molecular formula is C8H4Br4N2. The van der Waals surface area contributed by atoms with Gasteiger partial charge in [-0.2, -0.15) is 0 Å². The predicted octanol–water partition coefficient (Wildman–Crippen LogP) is 3.96. The van der Waals surface area contributed by atoms with E-state index in [1.54, 1.807) is 0 Å². The van der Waals surface area contributed by atoms with E-state index < -0.39 is 0 Å². The van der Waals surface area contributed by atoms with Crippen molar-refractivity contribution in [2.75, 3.05) is 0 Å². The Bertz CT molecular complexity index is 453. The lowest BCUT2D eigenvalue weighted by atomic mass is 10.1. The quantitative estimate of drug-likeness (QED) is 0.474. The van der Waals surface area contributed by atoms with Crippen LogP contribution in [0.25, 0.3) is 0 Å². The highest BCUT2D eigenvalue weighted by molar-refractivity contribution is 9.15. The summed E-state index contributed by atoms with van der Waals surface area (Å²) in [6.07, 6.45) is 0. The molecule has 1 aromatic carbocycles. The van der Waals surface area contributed by atoms with Crippen LogP contribution in [0.1, 0.15) is 11.1 Å². The third-order valence-electron chi connectivity index (χ3n) is 2.03. The van der Waals surface area contributed by atoms with Crippen LogP contribution in [0.5, 0.6) is 0 Å². The summed E-state index contributed by atoms with van der Waals surface area (Å²) in [5.74, 6) is 0.584. The fourth-order valence-electron chi connectivity index (χ4n) is 1.34. The summed E-state index contributed by atoms with van der Waals surface area (Å²) < 4.78 is 3.88. The van der Waals surface area contributed by atoms with Gasteiger partial charge in [-0.1, -0.05) is 0 Å². The van der Waals surface area contributed by atoms with E-state index in [1.807, 2.05) is 0 Å². The number of hydrogen-bond donors (Lipinski definition) is 1. The first-order valence-corrected chi connectivity index (χ1v) is 6.86. The van der Waals surface area contributed by atoms with E-state index in [2.05, 4.69) is 68.7 Å². The standard InChI is InChI=1S/C8H4Br4N2/c9-4-2-1-14-8(13)3(2)5(10)7(12)6(4)11/h1H2,(H2,13,14). The smallest absolute Gasteiger partial charge is 0.127 e. The van der Waals surface area contributed by atoms with Crippen molar-refractivity contribution in [2.45, 2.75) is 6.54 Å². The lowest BCUT2D eigenvalue weighted by Crippen LogP contribution is -2.11. The van der Waals surface area contributed by atoms with E-state index in [0.29, 0.717) is 12.4 Å². The average molecular weight is 448 g/mol. The Labute approximate surface area is 115 Å². The highest BCUT2D eigenvalue weighted by Crippen LogP contribution is 2.43. The minimum absolute atomic E-state index is 0.584. The molecule has 74 valence electrons. The molecule has 0 unspecified atom stereocenters. The highest BCUT2D eigenvalue weighted by Gasteiger charge is 2.24. The van der Waals surface area contributed by atoms with E-state index in [9.17, 15) is 0 Å². The lowest BCUT2D eigenvalue weighted by Gasteiger charge is -2.10. The number of halogens is 4. The number of fused-ring (bicyclic) bond motifs is 1. The van der Waals surface area contributed by atoms with Gasteiger partial charge in [0.05, 0.1) is 6.54 Å². The summed E-state index contributed by atoms with van der Waals surface area (Å²) in [6, 6.07) is 0. The number of rotatable bonds is 0. The molecule has 2 nitrogen and oxygen atoms in total. The molecule has 0 bridgehead atoms. The van der Waals surface area contributed by atoms with Gasteiger partial charge in [-0.15, -0.1) is 0 Å². The molecule has 0 amide bonds. The summed E-state index contributed by atoms with van der Waals surface area (Å²) in [4.78, 5) is 4.20. The SMILES string of the molecule is NC1=NCc2c(Br)c(Br)c(Br)c(Br)c21. The Morgan fingerprint density at radius 2 is 1.50 bits per heavy atom. The fourth-order valence-corrected chi connectivity index (χ4v) is 3.86. The second kappa shape index (κ2) is 3.88. The Morgan fingerprint density at radius 3 is 2.14 bits per heavy atom. The first kappa shape index (κ1) is 11.1. The highest BCUT2D eigenvalue weighted by atomic mass is 79.9. The molecule has 0 atom stereocenters. The molecule has 0 aromatic heterocycles. The van der Waals surface area contributed by atoms with E-state index in [4.69, 9.17) is 5.73 Å². The Hall–Kier alpha value is 0.610. The van der Waals surface area contributed by atoms with E-state index in [-0.39, 0.29) is 0 Å². The zero-order chi connectivity index (χ0) is 10.5. The fraction of sp³-hybridized carbons (Fsp3) is 0.125. The number of amidine groups is 1. The van der Waals surface area contributed by atoms with Crippen molar-refractivity contribution in [3.63, 3.8) is 0 Å². The van der Waals surface area contributed by atoms with Crippen LogP contribution in [-0.2, 0) is 6.54 Å². The summed E-state index contributed by atoms with van der Waals surface area (Å²) in [7, 11) is 0. The van der Waals surface area contributed by atoms with Gasteiger partial charge in [-0.05, 0) is 63.7 Å². The molecule has 2 rings (SSSR count). The summed E-state index contributed by atoms with van der Waals surface area (Å²) >= 11 is 14.0. The van der Waals surface area contributed by atoms with E-state index >= 15 is 0 Å². The third-order valence-corrected chi connectivity index (χ3v) is 6.88. The molecule has 14 heavy (non-hydrogen) atoms. The first-order valence-electron chi connectivity index (χ1n) is 3.69. The Morgan fingerprint density at radius 1 is 0.929 bits per heavy atom. The van der Waals surface area contributed by atoms with Gasteiger partial charge in [-0.25, -0.2) is 0 Å². The summed E-state index contributed by atoms with van der Waals surface area (Å²) in [5.41, 5.74) is 7.89. The number of hydrogen-bond acceptors (Lipinski definition) is 2. The van der Waals surface area contributed by atoms with Crippen LogP contribution in [0, 0.1) is 0 Å². The van der Waals surface area contributed by atoms with Gasteiger partial charge in [0.2, 0.25) is 0 Å². The number of nitrogens with zero attached hydrogens (tertiary/aromatic N) is 1. The molecule has 1 aliphatic rings. The van der Waals surface area contributed by atoms with Crippen molar-refractivity contribution in [3.8, 4) is 0 Å². The molecule has 6 heteroatoms. The maximum absolute atomic E-state index is 5.80. The molecule has 0 aliphatic carbocycles. The molecule has 1 heterocycles. The molecule has 0 spiro atoms. The molecular weight excluding hydrogens is 444 g/mol. The van der Waals surface area contributed by atoms with Gasteiger partial charge < -0.3 is 5.73 Å². The molecule has 0 saturated carbocycles. The normalized spacial score (nSPS) is 14.1. The summed E-state index contributed by atoms with van der Waals surface area (Å²) in [5, 5.41) is 0. The van der Waals surface area contributed by atoms with Gasteiger partial charge >= 0.3 is 0 Å². The Balaban J connectivity index is 2.83. The van der Waals surface area contributed by atoms with Crippen LogP contribution in [-0.4, -0.2) is 5.84 Å². The van der Waals surface area contributed by atoms with Crippen LogP contribution in [0.2, 0.25) is 0 Å².